The standard InChI is InChI=1S/C29H37ClF2N4O3/c1-18-5-6-24(13-25(18)30)36(27(37)21-7-9-29(31,32)10-8-21)12-4-11-34-14-22-16-35(17-23(22)15-34)28(38)26-19(2)33-39-20(26)3/h5-6,13,21-23H,4,7-12,14-17H2,1-3H3. The Morgan fingerprint density at radius 1 is 1.10 bits per heavy atom. The molecule has 5 rings (SSSR count). The molecule has 0 spiro atoms. The molecule has 212 valence electrons. The Balaban J connectivity index is 1.17. The van der Waals surface area contributed by atoms with Crippen molar-refractivity contribution >= 4 is 29.1 Å². The van der Waals surface area contributed by atoms with Gasteiger partial charge < -0.3 is 19.2 Å². The van der Waals surface area contributed by atoms with E-state index < -0.39 is 11.8 Å². The van der Waals surface area contributed by atoms with Gasteiger partial charge in [0, 0.05) is 62.2 Å². The second-order valence-electron chi connectivity index (χ2n) is 11.6. The van der Waals surface area contributed by atoms with Crippen molar-refractivity contribution in [2.45, 2.75) is 58.8 Å². The number of likely N-dealkylation sites (tertiary alicyclic amines) is 2. The number of alkyl halides is 2. The van der Waals surface area contributed by atoms with Crippen molar-refractivity contribution < 1.29 is 22.9 Å². The molecule has 1 aromatic carbocycles. The minimum atomic E-state index is -2.67. The molecule has 2 amide bonds. The predicted octanol–water partition coefficient (Wildman–Crippen LogP) is 5.51. The van der Waals surface area contributed by atoms with Crippen LogP contribution < -0.4 is 4.90 Å². The number of carbonyl (C=O) groups is 2. The highest BCUT2D eigenvalue weighted by molar-refractivity contribution is 6.31. The summed E-state index contributed by atoms with van der Waals surface area (Å²) in [6, 6.07) is 5.59. The Hall–Kier alpha value is -2.52. The first-order valence-corrected chi connectivity index (χ1v) is 14.3. The maximum Gasteiger partial charge on any atom is 0.259 e. The lowest BCUT2D eigenvalue weighted by molar-refractivity contribution is -0.126. The van der Waals surface area contributed by atoms with Crippen LogP contribution in [0.5, 0.6) is 0 Å². The quantitative estimate of drug-likeness (QED) is 0.445. The summed E-state index contributed by atoms with van der Waals surface area (Å²) in [7, 11) is 0. The summed E-state index contributed by atoms with van der Waals surface area (Å²) in [5.41, 5.74) is 2.86. The van der Waals surface area contributed by atoms with Gasteiger partial charge in [-0.15, -0.1) is 0 Å². The molecule has 0 radical (unpaired) electrons. The number of nitrogens with zero attached hydrogens (tertiary/aromatic N) is 4. The molecule has 2 atom stereocenters. The molecule has 1 saturated carbocycles. The topological polar surface area (TPSA) is 69.9 Å². The average molecular weight is 563 g/mol. The number of rotatable bonds is 7. The summed E-state index contributed by atoms with van der Waals surface area (Å²) in [4.78, 5) is 32.6. The molecule has 3 aliphatic rings. The molecule has 2 saturated heterocycles. The Morgan fingerprint density at radius 2 is 1.77 bits per heavy atom. The number of hydrogen-bond donors (Lipinski definition) is 0. The number of anilines is 1. The van der Waals surface area contributed by atoms with E-state index in [4.69, 9.17) is 16.1 Å². The fourth-order valence-corrected chi connectivity index (χ4v) is 6.64. The van der Waals surface area contributed by atoms with Gasteiger partial charge in [-0.25, -0.2) is 8.78 Å². The van der Waals surface area contributed by atoms with Gasteiger partial charge in [0.25, 0.3) is 5.91 Å². The maximum absolute atomic E-state index is 13.7. The second kappa shape index (κ2) is 11.2. The molecule has 2 aliphatic heterocycles. The number of benzene rings is 1. The molecular weight excluding hydrogens is 526 g/mol. The van der Waals surface area contributed by atoms with Crippen LogP contribution in [0, 0.1) is 38.5 Å². The van der Waals surface area contributed by atoms with Crippen molar-refractivity contribution in [1.29, 1.82) is 0 Å². The van der Waals surface area contributed by atoms with Crippen molar-refractivity contribution in [2.24, 2.45) is 17.8 Å². The molecule has 3 heterocycles. The van der Waals surface area contributed by atoms with E-state index >= 15 is 0 Å². The second-order valence-corrected chi connectivity index (χ2v) is 12.0. The predicted molar refractivity (Wildman–Crippen MR) is 145 cm³/mol. The zero-order chi connectivity index (χ0) is 27.9. The van der Waals surface area contributed by atoms with Crippen LogP contribution >= 0.6 is 11.6 Å². The molecule has 39 heavy (non-hydrogen) atoms. The molecule has 2 aromatic rings. The Bertz CT molecular complexity index is 1190. The summed E-state index contributed by atoms with van der Waals surface area (Å²) >= 11 is 6.38. The number of aryl methyl sites for hydroxylation is 3. The lowest BCUT2D eigenvalue weighted by Crippen LogP contribution is -2.41. The van der Waals surface area contributed by atoms with Gasteiger partial charge in [0.1, 0.15) is 11.3 Å². The molecule has 0 bridgehead atoms. The number of amides is 2. The summed E-state index contributed by atoms with van der Waals surface area (Å²) in [5, 5.41) is 4.51. The Kier molecular flexibility index (Phi) is 8.02. The van der Waals surface area contributed by atoms with E-state index in [2.05, 4.69) is 10.1 Å². The normalized spacial score (nSPS) is 23.3. The van der Waals surface area contributed by atoms with E-state index in [1.807, 2.05) is 24.0 Å². The van der Waals surface area contributed by atoms with E-state index in [1.54, 1.807) is 24.8 Å². The van der Waals surface area contributed by atoms with Crippen molar-refractivity contribution in [3.63, 3.8) is 0 Å². The molecular formula is C29H37ClF2N4O3. The first kappa shape index (κ1) is 28.0. The number of carbonyl (C=O) groups excluding carboxylic acids is 2. The lowest BCUT2D eigenvalue weighted by Gasteiger charge is -2.32. The molecule has 3 fully saturated rings. The van der Waals surface area contributed by atoms with Crippen LogP contribution in [0.2, 0.25) is 5.02 Å². The van der Waals surface area contributed by atoms with Crippen LogP contribution in [0.3, 0.4) is 0 Å². The minimum absolute atomic E-state index is 0.00131. The fourth-order valence-electron chi connectivity index (χ4n) is 6.46. The van der Waals surface area contributed by atoms with Crippen molar-refractivity contribution in [3.8, 4) is 0 Å². The summed E-state index contributed by atoms with van der Waals surface area (Å²) < 4.78 is 32.7. The smallest absolute Gasteiger partial charge is 0.259 e. The van der Waals surface area contributed by atoms with E-state index in [-0.39, 0.29) is 37.5 Å². The van der Waals surface area contributed by atoms with Gasteiger partial charge in [0.2, 0.25) is 11.8 Å². The first-order chi connectivity index (χ1) is 18.5. The highest BCUT2D eigenvalue weighted by atomic mass is 35.5. The van der Waals surface area contributed by atoms with Gasteiger partial charge in [-0.05, 0) is 76.1 Å². The molecule has 2 unspecified atom stereocenters. The van der Waals surface area contributed by atoms with Crippen molar-refractivity contribution in [2.75, 3.05) is 44.2 Å². The summed E-state index contributed by atoms with van der Waals surface area (Å²) in [6.45, 7) is 10.1. The molecule has 0 N–H and O–H groups in total. The summed E-state index contributed by atoms with van der Waals surface area (Å²) in [6.07, 6.45) is 0.707. The molecule has 10 heteroatoms. The zero-order valence-electron chi connectivity index (χ0n) is 22.9. The number of hydrogen-bond acceptors (Lipinski definition) is 5. The minimum Gasteiger partial charge on any atom is -0.361 e. The van der Waals surface area contributed by atoms with Crippen LogP contribution in [0.4, 0.5) is 14.5 Å². The van der Waals surface area contributed by atoms with E-state index in [0.29, 0.717) is 40.4 Å². The third kappa shape index (κ3) is 5.99. The van der Waals surface area contributed by atoms with Gasteiger partial charge in [-0.2, -0.15) is 0 Å². The lowest BCUT2D eigenvalue weighted by atomic mass is 9.85. The van der Waals surface area contributed by atoms with Crippen LogP contribution in [-0.4, -0.2) is 72.0 Å². The van der Waals surface area contributed by atoms with Gasteiger partial charge in [0.15, 0.2) is 0 Å². The zero-order valence-corrected chi connectivity index (χ0v) is 23.6. The van der Waals surface area contributed by atoms with E-state index in [1.165, 1.54) is 0 Å². The number of aromatic nitrogens is 1. The molecule has 1 aliphatic carbocycles. The van der Waals surface area contributed by atoms with E-state index in [9.17, 15) is 18.4 Å². The Labute approximate surface area is 233 Å². The van der Waals surface area contributed by atoms with Crippen LogP contribution in [0.15, 0.2) is 22.7 Å². The highest BCUT2D eigenvalue weighted by Crippen LogP contribution is 2.38. The van der Waals surface area contributed by atoms with Crippen LogP contribution in [0.25, 0.3) is 0 Å². The van der Waals surface area contributed by atoms with Gasteiger partial charge in [-0.3, -0.25) is 9.59 Å². The van der Waals surface area contributed by atoms with Crippen LogP contribution in [0.1, 0.15) is 59.5 Å². The SMILES string of the molecule is Cc1ccc(N(CCCN2CC3CN(C(=O)c4c(C)noc4C)CC3C2)C(=O)C2CCC(F)(F)CC2)cc1Cl. The third-order valence-corrected chi connectivity index (χ3v) is 9.16. The fraction of sp³-hybridized carbons (Fsp3) is 0.621. The first-order valence-electron chi connectivity index (χ1n) is 13.9. The maximum atomic E-state index is 13.7. The van der Waals surface area contributed by atoms with Crippen molar-refractivity contribution in [1.82, 2.24) is 15.0 Å². The summed E-state index contributed by atoms with van der Waals surface area (Å²) in [5.74, 6) is -1.74. The van der Waals surface area contributed by atoms with Gasteiger partial charge >= 0.3 is 0 Å². The Morgan fingerprint density at radius 3 is 2.36 bits per heavy atom. The third-order valence-electron chi connectivity index (χ3n) is 8.75. The largest absolute Gasteiger partial charge is 0.361 e. The monoisotopic (exact) mass is 562 g/mol. The number of fused-ring (bicyclic) bond motifs is 1. The molecule has 1 aromatic heterocycles. The molecule has 7 nitrogen and oxygen atoms in total. The van der Waals surface area contributed by atoms with Crippen LogP contribution in [-0.2, 0) is 4.79 Å². The average Bonchev–Trinajstić information content (AvgIpc) is 3.56. The van der Waals surface area contributed by atoms with E-state index in [0.717, 1.165) is 50.4 Å². The van der Waals surface area contributed by atoms with Gasteiger partial charge in [0.05, 0.1) is 5.69 Å². The van der Waals surface area contributed by atoms with Crippen molar-refractivity contribution in [3.05, 3.63) is 45.8 Å². The highest BCUT2D eigenvalue weighted by Gasteiger charge is 2.43. The number of halogens is 3. The van der Waals surface area contributed by atoms with Gasteiger partial charge in [-0.1, -0.05) is 22.8 Å².